The highest BCUT2D eigenvalue weighted by Gasteiger charge is 2.25. The van der Waals surface area contributed by atoms with Crippen LogP contribution >= 0.6 is 0 Å². The standard InChI is InChI=1S/C24H20N2O6/c1-25-18-4-2-3-5-19(18)26(24(25)29)13-15-6-9-17(10-7-15)32-22(23(27)28)16-8-11-20-21(12-16)31-14-30-20/h2-12,22H,13-14H2,1H3,(H,27,28). The van der Waals surface area contributed by atoms with Crippen LogP contribution in [0.5, 0.6) is 17.2 Å². The van der Waals surface area contributed by atoms with Crippen LogP contribution in [-0.4, -0.2) is 27.0 Å². The molecule has 0 radical (unpaired) electrons. The number of hydrogen-bond acceptors (Lipinski definition) is 5. The van der Waals surface area contributed by atoms with E-state index in [9.17, 15) is 14.7 Å². The van der Waals surface area contributed by atoms with Crippen molar-refractivity contribution < 1.29 is 24.1 Å². The van der Waals surface area contributed by atoms with Gasteiger partial charge in [0.15, 0.2) is 11.5 Å². The molecule has 1 aliphatic heterocycles. The van der Waals surface area contributed by atoms with Crippen LogP contribution in [0.25, 0.3) is 11.0 Å². The lowest BCUT2D eigenvalue weighted by atomic mass is 10.1. The molecule has 8 heteroatoms. The molecule has 0 aliphatic carbocycles. The van der Waals surface area contributed by atoms with Gasteiger partial charge in [0.2, 0.25) is 12.9 Å². The van der Waals surface area contributed by atoms with Crippen molar-refractivity contribution >= 4 is 17.0 Å². The van der Waals surface area contributed by atoms with Gasteiger partial charge in [-0.25, -0.2) is 9.59 Å². The van der Waals surface area contributed by atoms with E-state index in [1.54, 1.807) is 46.5 Å². The second-order valence-electron chi connectivity index (χ2n) is 7.51. The third kappa shape index (κ3) is 3.45. The van der Waals surface area contributed by atoms with E-state index in [4.69, 9.17) is 14.2 Å². The van der Waals surface area contributed by atoms with E-state index in [0.29, 0.717) is 29.4 Å². The van der Waals surface area contributed by atoms with Gasteiger partial charge in [-0.15, -0.1) is 0 Å². The van der Waals surface area contributed by atoms with Crippen LogP contribution in [0, 0.1) is 0 Å². The molecule has 3 aromatic carbocycles. The molecule has 1 aromatic heterocycles. The quantitative estimate of drug-likeness (QED) is 0.503. The van der Waals surface area contributed by atoms with Crippen molar-refractivity contribution in [3.8, 4) is 17.2 Å². The SMILES string of the molecule is Cn1c(=O)n(Cc2ccc(OC(C(=O)O)c3ccc4c(c3)OCO4)cc2)c2ccccc21. The van der Waals surface area contributed by atoms with Gasteiger partial charge in [0.1, 0.15) is 5.75 Å². The highest BCUT2D eigenvalue weighted by Crippen LogP contribution is 2.35. The number of imidazole rings is 1. The second kappa shape index (κ2) is 7.81. The number of benzene rings is 3. The fraction of sp³-hybridized carbons (Fsp3) is 0.167. The van der Waals surface area contributed by atoms with Gasteiger partial charge in [-0.2, -0.15) is 0 Å². The summed E-state index contributed by atoms with van der Waals surface area (Å²) >= 11 is 0. The lowest BCUT2D eigenvalue weighted by Crippen LogP contribution is -2.22. The Hall–Kier alpha value is -4.20. The first-order valence-electron chi connectivity index (χ1n) is 10.0. The lowest BCUT2D eigenvalue weighted by molar-refractivity contribution is -0.145. The van der Waals surface area contributed by atoms with Crippen molar-refractivity contribution in [1.29, 1.82) is 0 Å². The van der Waals surface area contributed by atoms with E-state index in [0.717, 1.165) is 16.6 Å². The lowest BCUT2D eigenvalue weighted by Gasteiger charge is -2.16. The maximum Gasteiger partial charge on any atom is 0.349 e. The Bertz CT molecular complexity index is 1370. The summed E-state index contributed by atoms with van der Waals surface area (Å²) in [7, 11) is 1.75. The topological polar surface area (TPSA) is 91.9 Å². The van der Waals surface area contributed by atoms with Crippen LogP contribution in [0.4, 0.5) is 0 Å². The fourth-order valence-electron chi connectivity index (χ4n) is 3.85. The summed E-state index contributed by atoms with van der Waals surface area (Å²) in [5, 5.41) is 9.68. The molecule has 0 bridgehead atoms. The van der Waals surface area contributed by atoms with Crippen molar-refractivity contribution in [3.63, 3.8) is 0 Å². The molecule has 1 atom stereocenters. The number of ether oxygens (including phenoxy) is 3. The average Bonchev–Trinajstić information content (AvgIpc) is 3.37. The van der Waals surface area contributed by atoms with Crippen LogP contribution in [-0.2, 0) is 18.4 Å². The third-order valence-electron chi connectivity index (χ3n) is 5.49. The Morgan fingerprint density at radius 3 is 2.50 bits per heavy atom. The minimum Gasteiger partial charge on any atom is -0.478 e. The largest absolute Gasteiger partial charge is 0.478 e. The average molecular weight is 432 g/mol. The Morgan fingerprint density at radius 2 is 1.75 bits per heavy atom. The van der Waals surface area contributed by atoms with Crippen molar-refractivity contribution in [2.75, 3.05) is 6.79 Å². The predicted octanol–water partition coefficient (Wildman–Crippen LogP) is 3.32. The Morgan fingerprint density at radius 1 is 1.03 bits per heavy atom. The molecule has 1 aliphatic rings. The first-order valence-corrected chi connectivity index (χ1v) is 10.0. The molecular weight excluding hydrogens is 412 g/mol. The van der Waals surface area contributed by atoms with Gasteiger partial charge in [0.25, 0.3) is 0 Å². The van der Waals surface area contributed by atoms with Crippen LogP contribution in [0.3, 0.4) is 0 Å². The van der Waals surface area contributed by atoms with Crippen molar-refractivity contribution in [2.45, 2.75) is 12.6 Å². The highest BCUT2D eigenvalue weighted by molar-refractivity contribution is 5.76. The van der Waals surface area contributed by atoms with Gasteiger partial charge in [-0.05, 0) is 42.0 Å². The van der Waals surface area contributed by atoms with Gasteiger partial charge in [0, 0.05) is 12.6 Å². The molecule has 162 valence electrons. The minimum atomic E-state index is -1.20. The summed E-state index contributed by atoms with van der Waals surface area (Å²) < 4.78 is 19.7. The van der Waals surface area contributed by atoms with Crippen LogP contribution < -0.4 is 19.9 Å². The summed E-state index contributed by atoms with van der Waals surface area (Å²) in [6.07, 6.45) is -1.20. The van der Waals surface area contributed by atoms with E-state index in [1.165, 1.54) is 0 Å². The number of aromatic nitrogens is 2. The maximum absolute atomic E-state index is 12.6. The summed E-state index contributed by atoms with van der Waals surface area (Å²) in [6, 6.07) is 19.6. The number of carboxylic acids is 1. The third-order valence-corrected chi connectivity index (χ3v) is 5.49. The van der Waals surface area contributed by atoms with Crippen molar-refractivity contribution in [1.82, 2.24) is 9.13 Å². The molecule has 4 aromatic rings. The van der Waals surface area contributed by atoms with Gasteiger partial charge >= 0.3 is 11.7 Å². The van der Waals surface area contributed by atoms with Crippen LogP contribution in [0.1, 0.15) is 17.2 Å². The zero-order chi connectivity index (χ0) is 22.2. The number of nitrogens with zero attached hydrogens (tertiary/aromatic N) is 2. The van der Waals surface area contributed by atoms with E-state index >= 15 is 0 Å². The van der Waals surface area contributed by atoms with Gasteiger partial charge in [-0.1, -0.05) is 30.3 Å². The summed E-state index contributed by atoms with van der Waals surface area (Å²) in [4.78, 5) is 24.5. The summed E-state index contributed by atoms with van der Waals surface area (Å²) in [5.41, 5.74) is 2.97. The molecule has 5 rings (SSSR count). The molecule has 1 unspecified atom stereocenters. The Kier molecular flexibility index (Phi) is 4.82. The molecule has 0 amide bonds. The molecular formula is C24H20N2O6. The van der Waals surface area contributed by atoms with Crippen LogP contribution in [0.2, 0.25) is 0 Å². The van der Waals surface area contributed by atoms with E-state index in [-0.39, 0.29) is 12.5 Å². The molecule has 0 spiro atoms. The maximum atomic E-state index is 12.6. The second-order valence-corrected chi connectivity index (χ2v) is 7.51. The predicted molar refractivity (Wildman–Crippen MR) is 116 cm³/mol. The molecule has 0 fully saturated rings. The number of para-hydroxylation sites is 2. The first-order chi connectivity index (χ1) is 15.5. The monoisotopic (exact) mass is 432 g/mol. The smallest absolute Gasteiger partial charge is 0.349 e. The van der Waals surface area contributed by atoms with Crippen LogP contribution in [0.15, 0.2) is 71.5 Å². The number of rotatable bonds is 6. The Balaban J connectivity index is 1.37. The van der Waals surface area contributed by atoms with Crippen molar-refractivity contribution in [3.05, 3.63) is 88.3 Å². The molecule has 1 N–H and O–H groups in total. The van der Waals surface area contributed by atoms with Gasteiger partial charge in [0.05, 0.1) is 17.6 Å². The molecule has 0 saturated heterocycles. The molecule has 0 saturated carbocycles. The fourth-order valence-corrected chi connectivity index (χ4v) is 3.85. The molecule has 2 heterocycles. The first kappa shape index (κ1) is 19.7. The number of carboxylic acid groups (broad SMARTS) is 1. The van der Waals surface area contributed by atoms with E-state index in [2.05, 4.69) is 0 Å². The number of aryl methyl sites for hydroxylation is 1. The number of hydrogen-bond donors (Lipinski definition) is 1. The summed E-state index contributed by atoms with van der Waals surface area (Å²) in [6.45, 7) is 0.504. The van der Waals surface area contributed by atoms with E-state index < -0.39 is 12.1 Å². The number of carbonyl (C=O) groups is 1. The normalized spacial score (nSPS) is 13.3. The van der Waals surface area contributed by atoms with E-state index in [1.807, 2.05) is 36.4 Å². The number of aliphatic carboxylic acids is 1. The molecule has 8 nitrogen and oxygen atoms in total. The summed E-state index contributed by atoms with van der Waals surface area (Å²) in [5.74, 6) is 0.360. The molecule has 32 heavy (non-hydrogen) atoms. The zero-order valence-corrected chi connectivity index (χ0v) is 17.2. The van der Waals surface area contributed by atoms with Gasteiger partial charge in [-0.3, -0.25) is 9.13 Å². The zero-order valence-electron chi connectivity index (χ0n) is 17.2. The minimum absolute atomic E-state index is 0.0970. The number of fused-ring (bicyclic) bond motifs is 2. The van der Waals surface area contributed by atoms with Gasteiger partial charge < -0.3 is 19.3 Å². The highest BCUT2D eigenvalue weighted by atomic mass is 16.7. The Labute approximate surface area is 182 Å². The van der Waals surface area contributed by atoms with Crippen molar-refractivity contribution in [2.24, 2.45) is 7.05 Å².